The molecule has 50 heavy (non-hydrogen) atoms. The van der Waals surface area contributed by atoms with E-state index in [1.54, 1.807) is 19.5 Å². The molecule has 1 unspecified atom stereocenters. The van der Waals surface area contributed by atoms with Gasteiger partial charge in [-0.05, 0) is 18.6 Å². The Balaban J connectivity index is -0.0000000188. The van der Waals surface area contributed by atoms with Gasteiger partial charge in [-0.25, -0.2) is 12.6 Å². The van der Waals surface area contributed by atoms with Crippen molar-refractivity contribution in [1.29, 1.82) is 0 Å². The van der Waals surface area contributed by atoms with Gasteiger partial charge < -0.3 is 73.4 Å². The first kappa shape index (κ1) is 104. The Labute approximate surface area is 381 Å². The van der Waals surface area contributed by atoms with Gasteiger partial charge in [0.25, 0.3) is 0 Å². The van der Waals surface area contributed by atoms with Crippen LogP contribution in [0.1, 0.15) is 99.3 Å². The van der Waals surface area contributed by atoms with Crippen LogP contribution in [0.15, 0.2) is 34.4 Å². The second-order valence-electron chi connectivity index (χ2n) is 6.65. The van der Waals surface area contributed by atoms with Crippen LogP contribution >= 0.6 is 31.9 Å². The van der Waals surface area contributed by atoms with Crippen LogP contribution in [0.4, 0.5) is 0 Å². The Morgan fingerprint density at radius 1 is 0.880 bits per heavy atom. The van der Waals surface area contributed by atoms with Crippen LogP contribution in [0, 0.1) is 37.7 Å². The van der Waals surface area contributed by atoms with E-state index in [0.29, 0.717) is 19.3 Å². The van der Waals surface area contributed by atoms with Crippen molar-refractivity contribution in [1.82, 2.24) is 0 Å². The predicted molar refractivity (Wildman–Crippen MR) is 177 cm³/mol. The minimum atomic E-state index is -0.0579. The van der Waals surface area contributed by atoms with Gasteiger partial charge in [0.2, 0.25) is 0 Å². The van der Waals surface area contributed by atoms with Crippen molar-refractivity contribution in [2.45, 2.75) is 104 Å². The number of carbonyl (C=O) groups excluding carboxylic acids is 4. The van der Waals surface area contributed by atoms with Gasteiger partial charge in [-0.15, -0.1) is 22.4 Å². The molecule has 0 fully saturated rings. The van der Waals surface area contributed by atoms with Gasteiger partial charge in [0.05, 0.1) is 0 Å². The molecule has 282 valence electrons. The Morgan fingerprint density at radius 2 is 1.32 bits per heavy atom. The van der Waals surface area contributed by atoms with Crippen LogP contribution in [-0.4, -0.2) is 41.4 Å². The number of halogens is 2. The SMILES string of the molecule is CCC(=O)[CH-]Br.CCC(Br)[C-]=O.CCC1=[C-]C[C-]=N1.CCC1=[C-]N=[C-]C1.CCC[C-]=O.[CH-]=C.[CH-]=C.[CH2-]C(=O)CC.[Re].[Re].[Re].[Re].[Re].[Re].[Rf].[Rf].[Rf].[Rf]. The molecule has 0 aliphatic carbocycles. The fraction of sp³-hybridized carbons (Fsp3) is 0.500. The van der Waals surface area contributed by atoms with Crippen LogP contribution in [0.2, 0.25) is 0 Å². The molecular formula is C32H46Br2N2O4Re6Rf4-10. The Bertz CT molecular complexity index is 741. The third kappa shape index (κ3) is 119. The number of hydrogen-bond acceptors (Lipinski definition) is 6. The van der Waals surface area contributed by atoms with Gasteiger partial charge in [0.15, 0.2) is 0 Å². The van der Waals surface area contributed by atoms with Gasteiger partial charge >= 0.3 is 0 Å². The normalized spacial score (nSPS) is 9.12. The molecule has 6 nitrogen and oxygen atoms in total. The summed E-state index contributed by atoms with van der Waals surface area (Å²) < 4.78 is 0. The fourth-order valence-electron chi connectivity index (χ4n) is 1.28. The summed E-state index contributed by atoms with van der Waals surface area (Å²) in [6, 6.07) is 0. The number of rotatable bonds is 9. The van der Waals surface area contributed by atoms with Crippen molar-refractivity contribution in [3.63, 3.8) is 0 Å². The molecule has 1 atom stereocenters. The van der Waals surface area contributed by atoms with Crippen molar-refractivity contribution in [3.05, 3.63) is 62.1 Å². The van der Waals surface area contributed by atoms with E-state index in [4.69, 9.17) is 0 Å². The van der Waals surface area contributed by atoms with Crippen LogP contribution in [-0.2, 0) is 142 Å². The summed E-state index contributed by atoms with van der Waals surface area (Å²) in [7, 11) is 0. The number of aliphatic imine (C=N–C) groups is 2. The van der Waals surface area contributed by atoms with E-state index in [1.165, 1.54) is 10.9 Å². The molecule has 0 spiro atoms. The summed E-state index contributed by atoms with van der Waals surface area (Å²) in [4.78, 5) is 46.2. The summed E-state index contributed by atoms with van der Waals surface area (Å²) >= 11 is 5.95. The molecule has 0 aromatic carbocycles. The molecule has 0 aromatic rings. The topological polar surface area (TPSA) is 93.0 Å². The minimum Gasteiger partial charge on any atom is -0.680 e. The third-order valence-electron chi connectivity index (χ3n) is 3.64. The van der Waals surface area contributed by atoms with Gasteiger partial charge in [-0.1, -0.05) is 65.6 Å². The molecule has 2 rings (SSSR count). The van der Waals surface area contributed by atoms with Gasteiger partial charge in [-0.2, -0.15) is 12.8 Å². The van der Waals surface area contributed by atoms with Crippen molar-refractivity contribution in [2.75, 3.05) is 0 Å². The largest absolute Gasteiger partial charge is 0.680 e. The van der Waals surface area contributed by atoms with Crippen LogP contribution in [0.5, 0.6) is 0 Å². The zero-order valence-corrected chi connectivity index (χ0v) is 75.2. The molecule has 0 amide bonds. The molecule has 2 aliphatic heterocycles. The Kier molecular flexibility index (Phi) is 214. The van der Waals surface area contributed by atoms with E-state index in [-0.39, 0.29) is 139 Å². The maximum absolute atomic E-state index is 10.1. The van der Waals surface area contributed by atoms with Crippen molar-refractivity contribution in [2.24, 2.45) is 9.98 Å². The molecular weight excluding hydrogens is 2820 g/mol. The number of alkyl halides is 1. The zero-order chi connectivity index (χ0) is 32.6. The number of allylic oxidation sites excluding steroid dienone is 3. The molecule has 6 radical (unpaired) electrons. The van der Waals surface area contributed by atoms with Crippen molar-refractivity contribution < 1.29 is 142 Å². The van der Waals surface area contributed by atoms with E-state index in [0.717, 1.165) is 44.2 Å². The molecule has 0 aromatic heterocycles. The van der Waals surface area contributed by atoms with E-state index in [2.05, 4.69) is 114 Å². The maximum atomic E-state index is 10.1. The van der Waals surface area contributed by atoms with E-state index >= 15 is 0 Å². The van der Waals surface area contributed by atoms with E-state index < -0.39 is 0 Å². The Morgan fingerprint density at radius 3 is 1.40 bits per heavy atom. The first-order valence-electron chi connectivity index (χ1n) is 12.7. The van der Waals surface area contributed by atoms with E-state index in [9.17, 15) is 19.2 Å². The van der Waals surface area contributed by atoms with Crippen LogP contribution in [0.25, 0.3) is 0 Å². The van der Waals surface area contributed by atoms with Gasteiger partial charge in [-0.3, -0.25) is 52.6 Å². The standard InChI is InChI=1S/2C6H7N.2C4H6BrO.2C4H7O.2C2H3.6Re.4Rf/c1-2-6-3-4-7-5-6;1-2-6-4-3-5-7-6;1-2-4(5)3-6;1-2-4(6)3-5;1-3-4(2)5;1-2-3-4-5;2*1-2;;;;;;;;;;/h2*2-3H2,1H3;4H,2H2,1H3;3H,2H2,1H3;2*2-3H2,1H3;2*1H,2H2;;;;;;;;;;/q2*-2;6*-1;;;;;;;;;;. The quantitative estimate of drug-likeness (QED) is 0.171. The minimum absolute atomic E-state index is 0. The van der Waals surface area contributed by atoms with Crippen LogP contribution < -0.4 is 0 Å². The van der Waals surface area contributed by atoms with Crippen molar-refractivity contribution >= 4 is 68.4 Å². The monoisotopic (exact) mass is 2870 g/mol. The zero-order valence-electron chi connectivity index (χ0n) is 30.2. The number of hydrogen-bond donors (Lipinski definition) is 0. The van der Waals surface area contributed by atoms with Gasteiger partial charge in [0, 0.05) is 128 Å². The van der Waals surface area contributed by atoms with Crippen LogP contribution in [0.3, 0.4) is 0 Å². The number of unbranched alkanes of at least 4 members (excludes halogenated alkanes) is 1. The number of nitrogens with zero attached hydrogens (tertiary/aromatic N) is 2. The molecule has 0 saturated heterocycles. The average Bonchev–Trinajstić information content (AvgIpc) is 3.75. The third-order valence-corrected chi connectivity index (χ3v) is 4.98. The first-order chi connectivity index (χ1) is 19.2. The number of ketones is 2. The molecule has 2 heterocycles. The summed E-state index contributed by atoms with van der Waals surface area (Å²) in [6.07, 6.45) is 22.3. The second-order valence-corrected chi connectivity index (χ2v) is 8.21. The summed E-state index contributed by atoms with van der Waals surface area (Å²) in [6.45, 7) is 28.8. The summed E-state index contributed by atoms with van der Waals surface area (Å²) in [5.74, 6) is 0.139. The maximum Gasteiger partial charge on any atom is 0.00834 e. The molecule has 18 heteroatoms. The predicted octanol–water partition coefficient (Wildman–Crippen LogP) is 8.55. The molecule has 0 bridgehead atoms. The van der Waals surface area contributed by atoms with E-state index in [1.807, 2.05) is 20.8 Å². The summed E-state index contributed by atoms with van der Waals surface area (Å²) in [5.41, 5.74) is 2.32. The number of Topliss-reactive ketones (excluding diaryl/α,β-unsaturated/α-hetero) is 2. The molecule has 2 aliphatic rings. The van der Waals surface area contributed by atoms with Gasteiger partial charge in [0.1, 0.15) is 0 Å². The Hall–Kier alpha value is -2.35. The number of carbonyl (C=O) groups is 2. The summed E-state index contributed by atoms with van der Waals surface area (Å²) in [5, 5.41) is 1.40. The molecule has 0 N–H and O–H groups in total. The average molecular weight is 2870 g/mol. The van der Waals surface area contributed by atoms with Crippen molar-refractivity contribution in [3.8, 4) is 0 Å². The smallest absolute Gasteiger partial charge is 0.00834 e. The second kappa shape index (κ2) is 103. The first-order valence-corrected chi connectivity index (χ1v) is 14.6. The fourth-order valence-corrected chi connectivity index (χ4v) is 1.60. The molecule has 0 saturated carbocycles.